The Morgan fingerprint density at radius 1 is 1.33 bits per heavy atom. The molecule has 0 aliphatic heterocycles. The van der Waals surface area contributed by atoms with E-state index in [1.807, 2.05) is 31.2 Å². The summed E-state index contributed by atoms with van der Waals surface area (Å²) in [5, 5.41) is 9.38. The molecule has 0 bridgehead atoms. The van der Waals surface area contributed by atoms with Crippen LogP contribution in [-0.2, 0) is 9.84 Å². The lowest BCUT2D eigenvalue weighted by atomic mass is 9.98. The van der Waals surface area contributed by atoms with Crippen molar-refractivity contribution >= 4 is 22.1 Å². The first-order chi connectivity index (χ1) is 9.92. The Kier molecular flexibility index (Phi) is 4.26. The number of rotatable bonds is 3. The van der Waals surface area contributed by atoms with E-state index in [2.05, 4.69) is 4.98 Å². The van der Waals surface area contributed by atoms with Gasteiger partial charge in [-0.25, -0.2) is 8.42 Å². The minimum atomic E-state index is -3.47. The summed E-state index contributed by atoms with van der Waals surface area (Å²) in [7, 11) is -3.47. The van der Waals surface area contributed by atoms with Crippen molar-refractivity contribution in [2.45, 2.75) is 18.7 Å². The second-order valence-corrected chi connectivity index (χ2v) is 7.22. The number of benzene rings is 1. The molecular weight excluding hydrogens is 304 g/mol. The van der Waals surface area contributed by atoms with E-state index in [4.69, 9.17) is 12.2 Å². The number of nitriles is 1. The molecule has 4 nitrogen and oxygen atoms in total. The zero-order chi connectivity index (χ0) is 15.6. The highest BCUT2D eigenvalue weighted by atomic mass is 32.2. The monoisotopic (exact) mass is 318 g/mol. The summed E-state index contributed by atoms with van der Waals surface area (Å²) in [5.41, 5.74) is 2.18. The number of aryl methyl sites for hydroxylation is 1. The van der Waals surface area contributed by atoms with Crippen LogP contribution in [0.3, 0.4) is 0 Å². The normalized spacial score (nSPS) is 11.1. The molecule has 0 amide bonds. The van der Waals surface area contributed by atoms with Gasteiger partial charge in [0.25, 0.3) is 0 Å². The maximum atomic E-state index is 12.3. The molecule has 0 unspecified atom stereocenters. The topological polar surface area (TPSA) is 73.7 Å². The van der Waals surface area contributed by atoms with E-state index in [1.54, 1.807) is 13.0 Å². The molecule has 1 N–H and O–H groups in total. The van der Waals surface area contributed by atoms with Crippen molar-refractivity contribution in [2.24, 2.45) is 0 Å². The lowest BCUT2D eigenvalue weighted by molar-refractivity contribution is 0.597. The summed E-state index contributed by atoms with van der Waals surface area (Å²) >= 11 is 5.13. The molecule has 2 aromatic rings. The van der Waals surface area contributed by atoms with E-state index >= 15 is 0 Å². The molecular formula is C15H14N2O2S2. The number of pyridine rings is 1. The molecule has 1 aromatic carbocycles. The van der Waals surface area contributed by atoms with Crippen LogP contribution >= 0.6 is 12.2 Å². The van der Waals surface area contributed by atoms with E-state index in [9.17, 15) is 13.7 Å². The van der Waals surface area contributed by atoms with Crippen molar-refractivity contribution in [1.82, 2.24) is 4.98 Å². The van der Waals surface area contributed by atoms with Crippen LogP contribution in [0.1, 0.15) is 18.1 Å². The van der Waals surface area contributed by atoms with Crippen molar-refractivity contribution in [2.75, 3.05) is 5.75 Å². The molecule has 0 saturated heterocycles. The van der Waals surface area contributed by atoms with Gasteiger partial charge in [0.15, 0.2) is 9.84 Å². The Morgan fingerprint density at radius 3 is 2.57 bits per heavy atom. The fraction of sp³-hybridized carbons (Fsp3) is 0.200. The van der Waals surface area contributed by atoms with E-state index in [0.717, 1.165) is 5.56 Å². The molecule has 108 valence electrons. The fourth-order valence-corrected chi connectivity index (χ4v) is 3.42. The molecule has 0 atom stereocenters. The Labute approximate surface area is 129 Å². The summed E-state index contributed by atoms with van der Waals surface area (Å²) in [6, 6.07) is 9.38. The van der Waals surface area contributed by atoms with E-state index < -0.39 is 9.84 Å². The third-order valence-electron chi connectivity index (χ3n) is 3.30. The van der Waals surface area contributed by atoms with E-state index in [1.165, 1.54) is 6.20 Å². The Bertz CT molecular complexity index is 891. The lowest BCUT2D eigenvalue weighted by Gasteiger charge is -2.13. The van der Waals surface area contributed by atoms with Crippen molar-refractivity contribution in [3.63, 3.8) is 0 Å². The zero-order valence-corrected chi connectivity index (χ0v) is 13.3. The highest BCUT2D eigenvalue weighted by molar-refractivity contribution is 7.91. The first kappa shape index (κ1) is 15.4. The zero-order valence-electron chi connectivity index (χ0n) is 11.7. The van der Waals surface area contributed by atoms with Crippen LogP contribution in [0.4, 0.5) is 0 Å². The second kappa shape index (κ2) is 5.80. The Morgan fingerprint density at radius 2 is 2.00 bits per heavy atom. The average Bonchev–Trinajstić information content (AvgIpc) is 2.47. The van der Waals surface area contributed by atoms with Crippen molar-refractivity contribution in [3.8, 4) is 17.2 Å². The van der Waals surface area contributed by atoms with Gasteiger partial charge in [-0.15, -0.1) is 0 Å². The Hall–Kier alpha value is -1.97. The fourth-order valence-electron chi connectivity index (χ4n) is 2.14. The summed E-state index contributed by atoms with van der Waals surface area (Å²) < 4.78 is 24.9. The highest BCUT2D eigenvalue weighted by Crippen LogP contribution is 2.33. The van der Waals surface area contributed by atoms with Gasteiger partial charge in [-0.3, -0.25) is 0 Å². The lowest BCUT2D eigenvalue weighted by Crippen LogP contribution is -2.08. The van der Waals surface area contributed by atoms with Gasteiger partial charge in [-0.05, 0) is 18.1 Å². The number of aromatic amines is 1. The van der Waals surface area contributed by atoms with Crippen LogP contribution in [-0.4, -0.2) is 19.2 Å². The largest absolute Gasteiger partial charge is 0.350 e. The molecule has 1 heterocycles. The van der Waals surface area contributed by atoms with Crippen molar-refractivity contribution in [3.05, 3.63) is 46.2 Å². The number of hydrogen-bond acceptors (Lipinski definition) is 4. The molecule has 0 saturated carbocycles. The predicted molar refractivity (Wildman–Crippen MR) is 84.2 cm³/mol. The van der Waals surface area contributed by atoms with E-state index in [0.29, 0.717) is 11.1 Å². The SMILES string of the molecule is CCS(=O)(=O)c1c[nH]c(=S)c(C#N)c1-c1ccccc1C. The maximum absolute atomic E-state index is 12.3. The molecule has 0 fully saturated rings. The molecule has 0 radical (unpaired) electrons. The van der Waals surface area contributed by atoms with Gasteiger partial charge in [0.05, 0.1) is 16.2 Å². The number of aromatic nitrogens is 1. The van der Waals surface area contributed by atoms with Crippen LogP contribution in [0.25, 0.3) is 11.1 Å². The summed E-state index contributed by atoms with van der Waals surface area (Å²) in [4.78, 5) is 2.82. The van der Waals surface area contributed by atoms with Gasteiger partial charge in [0.2, 0.25) is 0 Å². The Balaban J connectivity index is 2.99. The van der Waals surface area contributed by atoms with Gasteiger partial charge in [-0.2, -0.15) is 5.26 Å². The van der Waals surface area contributed by atoms with E-state index in [-0.39, 0.29) is 20.9 Å². The minimum Gasteiger partial charge on any atom is -0.350 e. The van der Waals surface area contributed by atoms with Crippen LogP contribution in [0.15, 0.2) is 35.4 Å². The molecule has 21 heavy (non-hydrogen) atoms. The summed E-state index contributed by atoms with van der Waals surface area (Å²) in [6.45, 7) is 3.45. The number of nitrogens with zero attached hydrogens (tertiary/aromatic N) is 1. The minimum absolute atomic E-state index is 0.0403. The smallest absolute Gasteiger partial charge is 0.180 e. The van der Waals surface area contributed by atoms with Crippen molar-refractivity contribution < 1.29 is 8.42 Å². The van der Waals surface area contributed by atoms with Gasteiger partial charge >= 0.3 is 0 Å². The number of hydrogen-bond donors (Lipinski definition) is 1. The number of sulfone groups is 1. The van der Waals surface area contributed by atoms with Gasteiger partial charge in [0.1, 0.15) is 10.7 Å². The third kappa shape index (κ3) is 2.75. The molecule has 6 heteroatoms. The summed E-state index contributed by atoms with van der Waals surface area (Å²) in [5.74, 6) is -0.0403. The number of H-pyrrole nitrogens is 1. The predicted octanol–water partition coefficient (Wildman–Crippen LogP) is 3.38. The molecule has 2 rings (SSSR count). The van der Waals surface area contributed by atoms with Gasteiger partial charge in [0, 0.05) is 11.8 Å². The molecule has 0 aliphatic carbocycles. The standard InChI is InChI=1S/C15H14N2O2S2/c1-3-21(18,19)13-9-17-15(20)12(8-16)14(13)11-7-5-4-6-10(11)2/h4-7,9H,3H2,1-2H3,(H,17,20). The van der Waals surface area contributed by atoms with Crippen LogP contribution < -0.4 is 0 Å². The quantitative estimate of drug-likeness (QED) is 0.880. The molecule has 1 aromatic heterocycles. The van der Waals surface area contributed by atoms with Gasteiger partial charge < -0.3 is 4.98 Å². The molecule has 0 spiro atoms. The average molecular weight is 318 g/mol. The molecule has 0 aliphatic rings. The first-order valence-corrected chi connectivity index (χ1v) is 8.43. The van der Waals surface area contributed by atoms with Crippen molar-refractivity contribution in [1.29, 1.82) is 5.26 Å². The number of nitrogens with one attached hydrogen (secondary N) is 1. The third-order valence-corrected chi connectivity index (χ3v) is 5.37. The summed E-state index contributed by atoms with van der Waals surface area (Å²) in [6.07, 6.45) is 1.38. The van der Waals surface area contributed by atoms with Crippen LogP contribution in [0.5, 0.6) is 0 Å². The van der Waals surface area contributed by atoms with Crippen LogP contribution in [0, 0.1) is 22.9 Å². The highest BCUT2D eigenvalue weighted by Gasteiger charge is 2.22. The second-order valence-electron chi connectivity index (χ2n) is 4.56. The van der Waals surface area contributed by atoms with Crippen LogP contribution in [0.2, 0.25) is 0 Å². The first-order valence-electron chi connectivity index (χ1n) is 6.37. The van der Waals surface area contributed by atoms with Gasteiger partial charge in [-0.1, -0.05) is 43.4 Å². The maximum Gasteiger partial charge on any atom is 0.180 e.